The lowest BCUT2D eigenvalue weighted by atomic mass is 10.4. The molecule has 196 valence electrons. The van der Waals surface area contributed by atoms with Crippen LogP contribution in [0.3, 0.4) is 0 Å². The first kappa shape index (κ1) is 29.1. The fraction of sp³-hybridized carbons (Fsp3) is 0.700. The summed E-state index contributed by atoms with van der Waals surface area (Å²) in [6.07, 6.45) is 2.12. The number of rotatable bonds is 14. The Morgan fingerprint density at radius 1 is 0.514 bits per heavy atom. The molecule has 0 atom stereocenters. The number of hydrogen-bond donors (Lipinski definition) is 2. The molecule has 0 aliphatic carbocycles. The molecule has 0 aliphatic rings. The van der Waals surface area contributed by atoms with Gasteiger partial charge in [0.1, 0.15) is 0 Å². The van der Waals surface area contributed by atoms with Gasteiger partial charge in [-0.15, -0.1) is 0 Å². The van der Waals surface area contributed by atoms with E-state index in [0.717, 1.165) is 27.4 Å². The van der Waals surface area contributed by atoms with Crippen molar-refractivity contribution < 1.29 is 0 Å². The lowest BCUT2D eigenvalue weighted by molar-refractivity contribution is 0.465. The van der Waals surface area contributed by atoms with Gasteiger partial charge in [0.15, 0.2) is 0 Å². The van der Waals surface area contributed by atoms with Crippen LogP contribution in [-0.4, -0.2) is 50.4 Å². The van der Waals surface area contributed by atoms with Gasteiger partial charge in [0.05, 0.1) is 0 Å². The molecule has 2 aromatic heterocycles. The molecule has 35 heavy (non-hydrogen) atoms. The first-order valence-electron chi connectivity index (χ1n) is 11.3. The zero-order valence-corrected chi connectivity index (χ0v) is 22.5. The molecule has 15 heteroatoms. The molecule has 0 unspecified atom stereocenters. The SMILES string of the molecule is Cn1c(=O)n(CCCS)c(=O)n(CCCSCCCn2c(=O)n(C)c(=O)n(CCCS)c2=O)c1=O. The van der Waals surface area contributed by atoms with Crippen molar-refractivity contribution in [1.29, 1.82) is 0 Å². The Hall–Kier alpha value is -2.13. The van der Waals surface area contributed by atoms with E-state index >= 15 is 0 Å². The monoisotopic (exact) mass is 548 g/mol. The maximum atomic E-state index is 12.6. The predicted octanol–water partition coefficient (Wildman–Crippen LogP) is -1.42. The van der Waals surface area contributed by atoms with Gasteiger partial charge >= 0.3 is 34.1 Å². The van der Waals surface area contributed by atoms with Gasteiger partial charge in [0.2, 0.25) is 0 Å². The van der Waals surface area contributed by atoms with Crippen molar-refractivity contribution in [2.24, 2.45) is 14.1 Å². The summed E-state index contributed by atoms with van der Waals surface area (Å²) in [6.45, 7) is 0.751. The van der Waals surface area contributed by atoms with Crippen LogP contribution in [0.5, 0.6) is 0 Å². The minimum atomic E-state index is -0.643. The van der Waals surface area contributed by atoms with Crippen molar-refractivity contribution in [2.45, 2.75) is 51.9 Å². The largest absolute Gasteiger partial charge is 0.336 e. The molecule has 0 saturated carbocycles. The Labute approximate surface area is 216 Å². The zero-order valence-electron chi connectivity index (χ0n) is 19.9. The van der Waals surface area contributed by atoms with E-state index in [9.17, 15) is 28.8 Å². The normalized spacial score (nSPS) is 11.3. The van der Waals surface area contributed by atoms with E-state index in [1.165, 1.54) is 14.1 Å². The van der Waals surface area contributed by atoms with E-state index in [1.807, 2.05) is 0 Å². The van der Waals surface area contributed by atoms with Crippen molar-refractivity contribution in [2.75, 3.05) is 23.0 Å². The minimum Gasteiger partial charge on any atom is -0.248 e. The molecule has 2 rings (SSSR count). The molecular weight excluding hydrogens is 516 g/mol. The summed E-state index contributed by atoms with van der Waals surface area (Å²) in [7, 11) is 2.70. The molecule has 0 aromatic carbocycles. The van der Waals surface area contributed by atoms with Crippen LogP contribution in [0.1, 0.15) is 25.7 Å². The van der Waals surface area contributed by atoms with Gasteiger partial charge in [0.25, 0.3) is 0 Å². The van der Waals surface area contributed by atoms with Gasteiger partial charge in [-0.1, -0.05) is 0 Å². The third-order valence-electron chi connectivity index (χ3n) is 5.42. The van der Waals surface area contributed by atoms with Crippen molar-refractivity contribution in [3.8, 4) is 0 Å². The van der Waals surface area contributed by atoms with Gasteiger partial charge in [-0.2, -0.15) is 37.0 Å². The third-order valence-corrected chi connectivity index (χ3v) is 7.20. The molecule has 2 heterocycles. The summed E-state index contributed by atoms with van der Waals surface area (Å²) in [5.74, 6) is 2.31. The van der Waals surface area contributed by atoms with Gasteiger partial charge in [-0.25, -0.2) is 56.2 Å². The molecule has 0 radical (unpaired) electrons. The standard InChI is InChI=1S/C20H32N6O6S3/c1-21-15(27)23(7-3-11-33)19(31)25(17(21)29)9-5-13-35-14-6-10-26-18(30)22(2)16(28)24(20(26)32)8-4-12-34/h33-34H,3-14H2,1-2H3. The Morgan fingerprint density at radius 2 is 0.800 bits per heavy atom. The highest BCUT2D eigenvalue weighted by molar-refractivity contribution is 7.99. The number of nitrogens with zero attached hydrogens (tertiary/aromatic N) is 6. The average Bonchev–Trinajstić information content (AvgIpc) is 2.84. The van der Waals surface area contributed by atoms with Crippen LogP contribution < -0.4 is 34.1 Å². The van der Waals surface area contributed by atoms with Crippen LogP contribution in [0.25, 0.3) is 0 Å². The summed E-state index contributed by atoms with van der Waals surface area (Å²) in [6, 6.07) is 0. The summed E-state index contributed by atoms with van der Waals surface area (Å²) in [4.78, 5) is 74.3. The second kappa shape index (κ2) is 13.8. The molecule has 0 fully saturated rings. The van der Waals surface area contributed by atoms with Gasteiger partial charge in [-0.05, 0) is 48.7 Å². The molecule has 0 saturated heterocycles. The Bertz CT molecular complexity index is 1260. The summed E-state index contributed by atoms with van der Waals surface area (Å²) >= 11 is 9.76. The van der Waals surface area contributed by atoms with Gasteiger partial charge in [-0.3, -0.25) is 0 Å². The number of thioether (sulfide) groups is 1. The van der Waals surface area contributed by atoms with Crippen LogP contribution in [0, 0.1) is 0 Å². The van der Waals surface area contributed by atoms with Crippen LogP contribution in [0.2, 0.25) is 0 Å². The molecule has 0 amide bonds. The first-order chi connectivity index (χ1) is 16.7. The van der Waals surface area contributed by atoms with Crippen LogP contribution in [0.15, 0.2) is 28.8 Å². The molecular formula is C20H32N6O6S3. The molecule has 12 nitrogen and oxygen atoms in total. The second-order valence-corrected chi connectivity index (χ2v) is 10.0. The van der Waals surface area contributed by atoms with E-state index in [4.69, 9.17) is 0 Å². The first-order valence-corrected chi connectivity index (χ1v) is 13.7. The van der Waals surface area contributed by atoms with Crippen molar-refractivity contribution in [3.63, 3.8) is 0 Å². The quantitative estimate of drug-likeness (QED) is 0.219. The lowest BCUT2D eigenvalue weighted by Gasteiger charge is -2.12. The maximum absolute atomic E-state index is 12.6. The van der Waals surface area contributed by atoms with E-state index in [-0.39, 0.29) is 26.2 Å². The molecule has 0 bridgehead atoms. The third kappa shape index (κ3) is 6.97. The number of hydrogen-bond acceptors (Lipinski definition) is 9. The zero-order chi connectivity index (χ0) is 26.1. The molecule has 0 aliphatic heterocycles. The topological polar surface area (TPSA) is 132 Å². The molecule has 2 aromatic rings. The van der Waals surface area contributed by atoms with Crippen molar-refractivity contribution in [1.82, 2.24) is 27.4 Å². The van der Waals surface area contributed by atoms with Crippen LogP contribution >= 0.6 is 37.0 Å². The summed E-state index contributed by atoms with van der Waals surface area (Å²) in [5.41, 5.74) is -3.79. The Morgan fingerprint density at radius 3 is 1.09 bits per heavy atom. The highest BCUT2D eigenvalue weighted by Crippen LogP contribution is 2.05. The van der Waals surface area contributed by atoms with E-state index in [1.54, 1.807) is 11.8 Å². The minimum absolute atomic E-state index is 0.176. The summed E-state index contributed by atoms with van der Waals surface area (Å²) < 4.78 is 6.11. The Kier molecular flexibility index (Phi) is 11.5. The highest BCUT2D eigenvalue weighted by atomic mass is 32.2. The van der Waals surface area contributed by atoms with Crippen molar-refractivity contribution in [3.05, 3.63) is 62.9 Å². The van der Waals surface area contributed by atoms with Gasteiger partial charge < -0.3 is 0 Å². The Balaban J connectivity index is 1.95. The number of thiol groups is 2. The van der Waals surface area contributed by atoms with Crippen LogP contribution in [-0.2, 0) is 40.3 Å². The smallest absolute Gasteiger partial charge is 0.248 e. The maximum Gasteiger partial charge on any atom is 0.336 e. The summed E-state index contributed by atoms with van der Waals surface area (Å²) in [5, 5.41) is 0. The highest BCUT2D eigenvalue weighted by Gasteiger charge is 2.14. The molecule has 0 N–H and O–H groups in total. The van der Waals surface area contributed by atoms with E-state index in [0.29, 0.717) is 48.7 Å². The second-order valence-electron chi connectivity index (χ2n) is 7.89. The van der Waals surface area contributed by atoms with E-state index in [2.05, 4.69) is 25.3 Å². The van der Waals surface area contributed by atoms with Crippen molar-refractivity contribution >= 4 is 37.0 Å². The fourth-order valence-corrected chi connectivity index (χ4v) is 4.63. The lowest BCUT2D eigenvalue weighted by Crippen LogP contribution is -2.53. The van der Waals surface area contributed by atoms with Crippen LogP contribution in [0.4, 0.5) is 0 Å². The number of aromatic nitrogens is 6. The average molecular weight is 549 g/mol. The van der Waals surface area contributed by atoms with E-state index < -0.39 is 34.1 Å². The van der Waals surface area contributed by atoms with Gasteiger partial charge in [0, 0.05) is 40.3 Å². The predicted molar refractivity (Wildman–Crippen MR) is 144 cm³/mol. The fourth-order valence-electron chi connectivity index (χ4n) is 3.48. The molecule has 0 spiro atoms.